The van der Waals surface area contributed by atoms with Gasteiger partial charge < -0.3 is 5.32 Å². The van der Waals surface area contributed by atoms with Gasteiger partial charge in [-0.15, -0.1) is 23.4 Å². The molecule has 0 aliphatic rings. The third-order valence-electron chi connectivity index (χ3n) is 2.25. The van der Waals surface area contributed by atoms with Crippen molar-refractivity contribution in [2.45, 2.75) is 31.1 Å². The summed E-state index contributed by atoms with van der Waals surface area (Å²) >= 11 is 7.31. The molecule has 0 aliphatic carbocycles. The summed E-state index contributed by atoms with van der Waals surface area (Å²) in [6, 6.07) is 7.90. The van der Waals surface area contributed by atoms with Crippen molar-refractivity contribution in [3.8, 4) is 0 Å². The van der Waals surface area contributed by atoms with Crippen LogP contribution in [0.1, 0.15) is 26.2 Å². The minimum atomic E-state index is 0.0688. The van der Waals surface area contributed by atoms with Gasteiger partial charge in [0.15, 0.2) is 0 Å². The number of para-hydroxylation sites is 1. The predicted octanol–water partition coefficient (Wildman–Crippen LogP) is 4.15. The number of hydrogen-bond donors (Lipinski definition) is 1. The molecular formula is C13H18ClNOS. The van der Waals surface area contributed by atoms with Crippen molar-refractivity contribution in [1.29, 1.82) is 0 Å². The van der Waals surface area contributed by atoms with E-state index in [2.05, 4.69) is 12.2 Å². The maximum atomic E-state index is 11.7. The van der Waals surface area contributed by atoms with E-state index < -0.39 is 0 Å². The highest BCUT2D eigenvalue weighted by Gasteiger charge is 2.05. The van der Waals surface area contributed by atoms with E-state index in [0.717, 1.165) is 29.2 Å². The molecule has 0 unspecified atom stereocenters. The first-order valence-corrected chi connectivity index (χ1v) is 7.37. The maximum Gasteiger partial charge on any atom is 0.224 e. The van der Waals surface area contributed by atoms with Crippen molar-refractivity contribution in [3.63, 3.8) is 0 Å². The highest BCUT2D eigenvalue weighted by molar-refractivity contribution is 7.99. The normalized spacial score (nSPS) is 10.2. The van der Waals surface area contributed by atoms with E-state index in [9.17, 15) is 4.79 Å². The number of unbranched alkanes of at least 4 members (excludes halogenated alkanes) is 1. The fraction of sp³-hybridized carbons (Fsp3) is 0.462. The molecule has 0 bridgehead atoms. The number of benzene rings is 1. The van der Waals surface area contributed by atoms with Crippen LogP contribution in [0.3, 0.4) is 0 Å². The standard InChI is InChI=1S/C13H18ClNOS/c1-2-17-12-8-4-3-7-11(12)15-13(16)9-5-6-10-14/h3-4,7-8H,2,5-6,9-10H2,1H3,(H,15,16). The molecule has 0 heterocycles. The van der Waals surface area contributed by atoms with Gasteiger partial charge in [0.25, 0.3) is 0 Å². The third kappa shape index (κ3) is 5.46. The van der Waals surface area contributed by atoms with Crippen LogP contribution in [0.4, 0.5) is 5.69 Å². The summed E-state index contributed by atoms with van der Waals surface area (Å²) in [6.07, 6.45) is 2.27. The van der Waals surface area contributed by atoms with Gasteiger partial charge in [-0.25, -0.2) is 0 Å². The lowest BCUT2D eigenvalue weighted by Crippen LogP contribution is -2.11. The molecule has 17 heavy (non-hydrogen) atoms. The van der Waals surface area contributed by atoms with Crippen LogP contribution in [0, 0.1) is 0 Å². The maximum absolute atomic E-state index is 11.7. The number of amides is 1. The number of thioether (sulfide) groups is 1. The first-order valence-electron chi connectivity index (χ1n) is 5.85. The summed E-state index contributed by atoms with van der Waals surface area (Å²) in [5, 5.41) is 2.95. The molecule has 1 amide bonds. The zero-order chi connectivity index (χ0) is 12.5. The van der Waals surface area contributed by atoms with Gasteiger partial charge in [-0.3, -0.25) is 4.79 Å². The summed E-state index contributed by atoms with van der Waals surface area (Å²) in [5.74, 6) is 1.69. The zero-order valence-corrected chi connectivity index (χ0v) is 11.6. The smallest absolute Gasteiger partial charge is 0.224 e. The Morgan fingerprint density at radius 1 is 1.35 bits per heavy atom. The van der Waals surface area contributed by atoms with Crippen LogP contribution in [0.2, 0.25) is 0 Å². The van der Waals surface area contributed by atoms with Gasteiger partial charge in [0.2, 0.25) is 5.91 Å². The van der Waals surface area contributed by atoms with E-state index in [1.165, 1.54) is 0 Å². The van der Waals surface area contributed by atoms with Crippen LogP contribution in [-0.4, -0.2) is 17.5 Å². The molecule has 1 rings (SSSR count). The number of carbonyl (C=O) groups excluding carboxylic acids is 1. The van der Waals surface area contributed by atoms with Crippen molar-refractivity contribution in [2.75, 3.05) is 16.9 Å². The molecule has 0 atom stereocenters. The van der Waals surface area contributed by atoms with Crippen molar-refractivity contribution in [3.05, 3.63) is 24.3 Å². The lowest BCUT2D eigenvalue weighted by molar-refractivity contribution is -0.116. The Morgan fingerprint density at radius 2 is 2.12 bits per heavy atom. The molecular weight excluding hydrogens is 254 g/mol. The topological polar surface area (TPSA) is 29.1 Å². The molecule has 2 nitrogen and oxygen atoms in total. The molecule has 0 saturated carbocycles. The Bertz CT molecular complexity index is 357. The highest BCUT2D eigenvalue weighted by atomic mass is 35.5. The highest BCUT2D eigenvalue weighted by Crippen LogP contribution is 2.26. The van der Waals surface area contributed by atoms with Gasteiger partial charge >= 0.3 is 0 Å². The Balaban J connectivity index is 2.52. The SMILES string of the molecule is CCSc1ccccc1NC(=O)CCCCCl. The van der Waals surface area contributed by atoms with Crippen molar-refractivity contribution < 1.29 is 4.79 Å². The van der Waals surface area contributed by atoms with E-state index in [-0.39, 0.29) is 5.91 Å². The number of hydrogen-bond acceptors (Lipinski definition) is 2. The lowest BCUT2D eigenvalue weighted by atomic mass is 10.2. The summed E-state index contributed by atoms with van der Waals surface area (Å²) in [7, 11) is 0. The fourth-order valence-corrected chi connectivity index (χ4v) is 2.39. The van der Waals surface area contributed by atoms with Crippen molar-refractivity contribution in [1.82, 2.24) is 0 Å². The summed E-state index contributed by atoms with van der Waals surface area (Å²) in [4.78, 5) is 12.8. The zero-order valence-electron chi connectivity index (χ0n) is 10.0. The molecule has 0 radical (unpaired) electrons. The second-order valence-electron chi connectivity index (χ2n) is 3.62. The Kier molecular flexibility index (Phi) is 7.13. The van der Waals surface area contributed by atoms with Gasteiger partial charge in [-0.2, -0.15) is 0 Å². The predicted molar refractivity (Wildman–Crippen MR) is 76.0 cm³/mol. The average molecular weight is 272 g/mol. The van der Waals surface area contributed by atoms with Crippen molar-refractivity contribution in [2.24, 2.45) is 0 Å². The summed E-state index contributed by atoms with van der Waals surface area (Å²) < 4.78 is 0. The number of nitrogens with one attached hydrogen (secondary N) is 1. The Labute approximate surface area is 112 Å². The molecule has 0 saturated heterocycles. The molecule has 1 aromatic carbocycles. The van der Waals surface area contributed by atoms with Crippen LogP contribution in [0.15, 0.2) is 29.2 Å². The largest absolute Gasteiger partial charge is 0.325 e. The Morgan fingerprint density at radius 3 is 2.82 bits per heavy atom. The van der Waals surface area contributed by atoms with Crippen LogP contribution in [-0.2, 0) is 4.79 Å². The number of halogens is 1. The Hall–Kier alpha value is -0.670. The van der Waals surface area contributed by atoms with Gasteiger partial charge in [0.1, 0.15) is 0 Å². The molecule has 4 heteroatoms. The summed E-state index contributed by atoms with van der Waals surface area (Å²) in [6.45, 7) is 2.10. The second-order valence-corrected chi connectivity index (χ2v) is 5.31. The number of alkyl halides is 1. The quantitative estimate of drug-likeness (QED) is 0.459. The van der Waals surface area contributed by atoms with Crippen LogP contribution >= 0.6 is 23.4 Å². The van der Waals surface area contributed by atoms with Crippen LogP contribution in [0.5, 0.6) is 0 Å². The van der Waals surface area contributed by atoms with E-state index in [4.69, 9.17) is 11.6 Å². The average Bonchev–Trinajstić information content (AvgIpc) is 2.32. The molecule has 0 aliphatic heterocycles. The lowest BCUT2D eigenvalue weighted by Gasteiger charge is -2.09. The van der Waals surface area contributed by atoms with E-state index in [1.807, 2.05) is 24.3 Å². The molecule has 0 aromatic heterocycles. The van der Waals surface area contributed by atoms with Gasteiger partial charge in [-0.05, 0) is 30.7 Å². The number of carbonyl (C=O) groups is 1. The molecule has 1 aromatic rings. The molecule has 94 valence electrons. The van der Waals surface area contributed by atoms with Gasteiger partial charge in [-0.1, -0.05) is 19.1 Å². The van der Waals surface area contributed by atoms with E-state index in [1.54, 1.807) is 11.8 Å². The molecule has 1 N–H and O–H groups in total. The molecule has 0 fully saturated rings. The minimum Gasteiger partial charge on any atom is -0.325 e. The third-order valence-corrected chi connectivity index (χ3v) is 3.47. The van der Waals surface area contributed by atoms with Crippen molar-refractivity contribution >= 4 is 35.0 Å². The van der Waals surface area contributed by atoms with Crippen LogP contribution < -0.4 is 5.32 Å². The second kappa shape index (κ2) is 8.43. The van der Waals surface area contributed by atoms with Gasteiger partial charge in [0.05, 0.1) is 5.69 Å². The first-order chi connectivity index (χ1) is 8.27. The van der Waals surface area contributed by atoms with Crippen LogP contribution in [0.25, 0.3) is 0 Å². The van der Waals surface area contributed by atoms with Gasteiger partial charge in [0, 0.05) is 17.2 Å². The number of anilines is 1. The van der Waals surface area contributed by atoms with E-state index in [0.29, 0.717) is 12.3 Å². The first kappa shape index (κ1) is 14.4. The number of rotatable bonds is 7. The molecule has 0 spiro atoms. The summed E-state index contributed by atoms with van der Waals surface area (Å²) in [5.41, 5.74) is 0.912. The monoisotopic (exact) mass is 271 g/mol. The van der Waals surface area contributed by atoms with E-state index >= 15 is 0 Å². The fourth-order valence-electron chi connectivity index (χ4n) is 1.44. The minimum absolute atomic E-state index is 0.0688.